The predicted molar refractivity (Wildman–Crippen MR) is 75.7 cm³/mol. The Hall–Kier alpha value is -0.700. The number of hydrogen-bond acceptors (Lipinski definition) is 5. The first-order chi connectivity index (χ1) is 8.47. The monoisotopic (exact) mass is 412 g/mol. The van der Waals surface area contributed by atoms with Gasteiger partial charge in [-0.15, -0.1) is 0 Å². The summed E-state index contributed by atoms with van der Waals surface area (Å²) in [6.07, 6.45) is 0. The van der Waals surface area contributed by atoms with Gasteiger partial charge in [-0.05, 0) is 31.9 Å². The van der Waals surface area contributed by atoms with Gasteiger partial charge in [-0.3, -0.25) is 10.1 Å². The molecule has 1 aromatic carbocycles. The van der Waals surface area contributed by atoms with Gasteiger partial charge < -0.3 is 4.74 Å². The van der Waals surface area contributed by atoms with E-state index in [9.17, 15) is 10.1 Å². The summed E-state index contributed by atoms with van der Waals surface area (Å²) < 4.78 is 6.41. The molecule has 0 saturated carbocycles. The summed E-state index contributed by atoms with van der Waals surface area (Å²) >= 11 is 13.3. The minimum absolute atomic E-state index is 0.0433. The zero-order valence-electron chi connectivity index (χ0n) is 8.39. The molecule has 5 nitrogen and oxygen atoms in total. The van der Waals surface area contributed by atoms with Gasteiger partial charge in [0, 0.05) is 17.5 Å². The average molecular weight is 414 g/mol. The highest BCUT2D eigenvalue weighted by atomic mass is 79.9. The summed E-state index contributed by atoms with van der Waals surface area (Å²) in [4.78, 5) is 14.1. The van der Waals surface area contributed by atoms with Crippen LogP contribution in [0.4, 0.5) is 5.69 Å². The molecule has 0 amide bonds. The number of hydrogen-bond donors (Lipinski definition) is 0. The first-order valence-electron chi connectivity index (χ1n) is 4.39. The van der Waals surface area contributed by atoms with Crippen LogP contribution in [0.5, 0.6) is 10.9 Å². The Kier molecular flexibility index (Phi) is 4.21. The van der Waals surface area contributed by atoms with Crippen LogP contribution >= 0.6 is 54.8 Å². The van der Waals surface area contributed by atoms with Crippen LogP contribution in [-0.4, -0.2) is 9.91 Å². The predicted octanol–water partition coefficient (Wildman–Crippen LogP) is 5.02. The fraction of sp³-hybridized carbons (Fsp3) is 0. The summed E-state index contributed by atoms with van der Waals surface area (Å²) in [7, 11) is 0. The summed E-state index contributed by atoms with van der Waals surface area (Å²) in [5.41, 5.74) is -0.0433. The Morgan fingerprint density at radius 1 is 1.39 bits per heavy atom. The number of nitro benzene ring substituents is 1. The second-order valence-electron chi connectivity index (χ2n) is 3.03. The highest BCUT2D eigenvalue weighted by Crippen LogP contribution is 2.40. The van der Waals surface area contributed by atoms with E-state index in [4.69, 9.17) is 16.3 Å². The third kappa shape index (κ3) is 3.00. The van der Waals surface area contributed by atoms with Crippen molar-refractivity contribution in [3.8, 4) is 10.9 Å². The fourth-order valence-electron chi connectivity index (χ4n) is 1.12. The summed E-state index contributed by atoms with van der Waals surface area (Å²) in [5.74, 6) is 0.409. The summed E-state index contributed by atoms with van der Waals surface area (Å²) in [6.45, 7) is 0. The number of rotatable bonds is 3. The van der Waals surface area contributed by atoms with Crippen molar-refractivity contribution in [2.24, 2.45) is 0 Å². The van der Waals surface area contributed by atoms with E-state index in [1.54, 1.807) is 5.38 Å². The molecule has 0 aliphatic heterocycles. The minimum atomic E-state index is -0.487. The molecular weight excluding hydrogens is 411 g/mol. The van der Waals surface area contributed by atoms with E-state index >= 15 is 0 Å². The van der Waals surface area contributed by atoms with Crippen molar-refractivity contribution in [3.05, 3.63) is 41.7 Å². The lowest BCUT2D eigenvalue weighted by atomic mass is 10.3. The van der Waals surface area contributed by atoms with Gasteiger partial charge in [0.15, 0.2) is 5.75 Å². The Labute approximate surface area is 127 Å². The zero-order chi connectivity index (χ0) is 13.3. The van der Waals surface area contributed by atoms with E-state index in [1.165, 1.54) is 23.5 Å². The highest BCUT2D eigenvalue weighted by Gasteiger charge is 2.16. The van der Waals surface area contributed by atoms with Crippen LogP contribution in [0.15, 0.2) is 26.5 Å². The second kappa shape index (κ2) is 5.52. The lowest BCUT2D eigenvalue weighted by Crippen LogP contribution is -1.91. The van der Waals surface area contributed by atoms with Gasteiger partial charge in [0.1, 0.15) is 5.15 Å². The van der Waals surface area contributed by atoms with E-state index in [1.807, 2.05) is 0 Å². The van der Waals surface area contributed by atoms with E-state index < -0.39 is 4.92 Å². The number of non-ortho nitro benzene ring substituents is 1. The fourth-order valence-corrected chi connectivity index (χ4v) is 3.24. The maximum Gasteiger partial charge on any atom is 0.280 e. The van der Waals surface area contributed by atoms with E-state index in [-0.39, 0.29) is 5.69 Å². The minimum Gasteiger partial charge on any atom is -0.428 e. The maximum atomic E-state index is 10.7. The number of halogens is 3. The molecule has 2 aromatic rings. The average Bonchev–Trinajstić information content (AvgIpc) is 2.69. The molecule has 9 heteroatoms. The first kappa shape index (κ1) is 13.7. The number of aromatic nitrogens is 1. The Morgan fingerprint density at radius 3 is 2.44 bits per heavy atom. The van der Waals surface area contributed by atoms with Gasteiger partial charge in [0.2, 0.25) is 0 Å². The van der Waals surface area contributed by atoms with Crippen LogP contribution < -0.4 is 4.74 Å². The molecule has 0 aliphatic rings. The Balaban J connectivity index is 2.37. The Bertz CT molecular complexity index is 597. The van der Waals surface area contributed by atoms with Gasteiger partial charge >= 0.3 is 0 Å². The van der Waals surface area contributed by atoms with Crippen molar-refractivity contribution < 1.29 is 9.66 Å². The lowest BCUT2D eigenvalue weighted by Gasteiger charge is -2.06. The Morgan fingerprint density at radius 2 is 2.00 bits per heavy atom. The molecule has 2 rings (SSSR count). The van der Waals surface area contributed by atoms with Crippen LogP contribution in [-0.2, 0) is 0 Å². The molecule has 0 unspecified atom stereocenters. The second-order valence-corrected chi connectivity index (χ2v) is 5.95. The van der Waals surface area contributed by atoms with Crippen molar-refractivity contribution in [2.45, 2.75) is 0 Å². The molecule has 0 atom stereocenters. The molecule has 94 valence electrons. The van der Waals surface area contributed by atoms with Crippen LogP contribution in [0.1, 0.15) is 0 Å². The van der Waals surface area contributed by atoms with Gasteiger partial charge in [0.05, 0.1) is 13.9 Å². The normalized spacial score (nSPS) is 10.4. The highest BCUT2D eigenvalue weighted by molar-refractivity contribution is 9.11. The number of nitrogens with zero attached hydrogens (tertiary/aromatic N) is 2. The first-order valence-corrected chi connectivity index (χ1v) is 7.24. The van der Waals surface area contributed by atoms with Crippen LogP contribution in [0, 0.1) is 10.1 Å². The largest absolute Gasteiger partial charge is 0.428 e. The van der Waals surface area contributed by atoms with Gasteiger partial charge in [0.25, 0.3) is 10.9 Å². The molecule has 0 fully saturated rings. The van der Waals surface area contributed by atoms with E-state index in [0.29, 0.717) is 25.0 Å². The topological polar surface area (TPSA) is 65.3 Å². The summed E-state index contributed by atoms with van der Waals surface area (Å²) in [5, 5.41) is 13.0. The van der Waals surface area contributed by atoms with Crippen molar-refractivity contribution in [2.75, 3.05) is 0 Å². The number of thiazole rings is 1. The molecule has 0 radical (unpaired) electrons. The third-order valence-corrected chi connectivity index (χ3v) is 4.06. The quantitative estimate of drug-likeness (QED) is 0.522. The zero-order valence-corrected chi connectivity index (χ0v) is 13.1. The van der Waals surface area contributed by atoms with Crippen molar-refractivity contribution in [3.63, 3.8) is 0 Å². The van der Waals surface area contributed by atoms with Gasteiger partial charge in [-0.2, -0.15) is 4.98 Å². The van der Waals surface area contributed by atoms with Gasteiger partial charge in [-0.25, -0.2) is 0 Å². The number of ether oxygens (including phenoxy) is 1. The third-order valence-electron chi connectivity index (χ3n) is 1.84. The number of benzene rings is 1. The summed E-state index contributed by atoms with van der Waals surface area (Å²) in [6, 6.07) is 2.71. The molecule has 0 bridgehead atoms. The van der Waals surface area contributed by atoms with Crippen molar-refractivity contribution >= 4 is 60.5 Å². The molecule has 18 heavy (non-hydrogen) atoms. The smallest absolute Gasteiger partial charge is 0.280 e. The van der Waals surface area contributed by atoms with Crippen molar-refractivity contribution in [1.82, 2.24) is 4.98 Å². The number of nitro groups is 1. The van der Waals surface area contributed by atoms with Crippen LogP contribution in [0.2, 0.25) is 5.15 Å². The van der Waals surface area contributed by atoms with E-state index in [0.717, 1.165) is 0 Å². The molecule has 1 aromatic heterocycles. The van der Waals surface area contributed by atoms with Crippen LogP contribution in [0.3, 0.4) is 0 Å². The van der Waals surface area contributed by atoms with E-state index in [2.05, 4.69) is 36.8 Å². The van der Waals surface area contributed by atoms with Gasteiger partial charge in [-0.1, -0.05) is 22.9 Å². The molecule has 0 saturated heterocycles. The standard InChI is InChI=1S/C9H3Br2ClN2O3S/c10-5-1-4(14(15)16)2-6(11)8(5)17-9-13-7(12)3-18-9/h1-3H. The van der Waals surface area contributed by atoms with Crippen molar-refractivity contribution in [1.29, 1.82) is 0 Å². The molecule has 0 N–H and O–H groups in total. The maximum absolute atomic E-state index is 10.7. The molecule has 0 spiro atoms. The van der Waals surface area contributed by atoms with Crippen LogP contribution in [0.25, 0.3) is 0 Å². The molecule has 0 aliphatic carbocycles. The lowest BCUT2D eigenvalue weighted by molar-refractivity contribution is -0.385. The SMILES string of the molecule is O=[N+]([O-])c1cc(Br)c(Oc2nc(Cl)cs2)c(Br)c1. The molecular formula is C9H3Br2ClN2O3S. The molecule has 1 heterocycles.